The molecule has 0 fully saturated rings. The number of hydrogen-bond donors (Lipinski definition) is 3. The van der Waals surface area contributed by atoms with Crippen LogP contribution in [0.4, 0.5) is 0 Å². The number of benzene rings is 2. The Morgan fingerprint density at radius 1 is 1.00 bits per heavy atom. The van der Waals surface area contributed by atoms with E-state index < -0.39 is 16.6 Å². The molecule has 0 radical (unpaired) electrons. The van der Waals surface area contributed by atoms with E-state index in [0.29, 0.717) is 11.4 Å². The summed E-state index contributed by atoms with van der Waals surface area (Å²) in [5.41, 5.74) is 2.82. The summed E-state index contributed by atoms with van der Waals surface area (Å²) in [5, 5.41) is 28.4. The van der Waals surface area contributed by atoms with Crippen molar-refractivity contribution in [2.75, 3.05) is 0 Å². The number of aromatic nitrogens is 2. The van der Waals surface area contributed by atoms with Gasteiger partial charge in [-0.15, -0.1) is 0 Å². The molecule has 3 rings (SSSR count). The molecule has 2 aromatic carbocycles. The second-order valence-electron chi connectivity index (χ2n) is 5.45. The molecule has 0 saturated heterocycles. The van der Waals surface area contributed by atoms with Crippen LogP contribution in [-0.2, 0) is 23.2 Å². The van der Waals surface area contributed by atoms with Gasteiger partial charge in [0.15, 0.2) is 0 Å². The number of nitrogens with two attached hydrogens (primary N) is 1. The van der Waals surface area contributed by atoms with Crippen LogP contribution in [0.15, 0.2) is 59.5 Å². The lowest BCUT2D eigenvalue weighted by atomic mass is 10.1. The first kappa shape index (κ1) is 17.3. The predicted molar refractivity (Wildman–Crippen MR) is 92.2 cm³/mol. The summed E-state index contributed by atoms with van der Waals surface area (Å²) < 4.78 is 24.8. The van der Waals surface area contributed by atoms with Gasteiger partial charge in [0.1, 0.15) is 0 Å². The van der Waals surface area contributed by atoms with Crippen molar-refractivity contribution in [1.82, 2.24) is 9.78 Å². The third-order valence-corrected chi connectivity index (χ3v) is 4.77. The molecule has 25 heavy (non-hydrogen) atoms. The molecule has 0 unspecified atom stereocenters. The average Bonchev–Trinajstić information content (AvgIpc) is 3.05. The summed E-state index contributed by atoms with van der Waals surface area (Å²) in [4.78, 5) is -0.130. The number of nitrogens with zero attached hydrogens (tertiary/aromatic N) is 2. The molecule has 0 spiro atoms. The van der Waals surface area contributed by atoms with Crippen molar-refractivity contribution in [3.05, 3.63) is 65.9 Å². The van der Waals surface area contributed by atoms with Gasteiger partial charge in [-0.1, -0.05) is 30.3 Å². The van der Waals surface area contributed by atoms with Crippen LogP contribution < -0.4 is 5.14 Å². The zero-order valence-electron chi connectivity index (χ0n) is 13.2. The molecule has 130 valence electrons. The normalized spacial score (nSPS) is 11.6. The third kappa shape index (κ3) is 3.47. The Hall–Kier alpha value is -2.52. The number of aliphatic hydroxyl groups is 2. The van der Waals surface area contributed by atoms with Gasteiger partial charge in [0.25, 0.3) is 0 Å². The van der Waals surface area contributed by atoms with Gasteiger partial charge in [0, 0.05) is 5.56 Å². The molecule has 1 heterocycles. The van der Waals surface area contributed by atoms with Gasteiger partial charge in [0.2, 0.25) is 10.0 Å². The van der Waals surface area contributed by atoms with Gasteiger partial charge in [-0.25, -0.2) is 18.2 Å². The fourth-order valence-electron chi connectivity index (χ4n) is 2.62. The van der Waals surface area contributed by atoms with Gasteiger partial charge in [-0.2, -0.15) is 5.10 Å². The van der Waals surface area contributed by atoms with E-state index in [0.717, 1.165) is 11.3 Å². The minimum atomic E-state index is -3.94. The Labute approximate surface area is 145 Å². The fourth-order valence-corrected chi connectivity index (χ4v) is 3.36. The average molecular weight is 359 g/mol. The molecule has 0 aliphatic carbocycles. The second kappa shape index (κ2) is 6.77. The van der Waals surface area contributed by atoms with E-state index in [1.54, 1.807) is 16.8 Å². The summed E-state index contributed by atoms with van der Waals surface area (Å²) in [5.74, 6) is 0. The number of rotatable bonds is 5. The summed E-state index contributed by atoms with van der Waals surface area (Å²) in [6, 6.07) is 15.6. The molecular formula is C17H17N3O4S. The van der Waals surface area contributed by atoms with Crippen molar-refractivity contribution in [3.63, 3.8) is 0 Å². The van der Waals surface area contributed by atoms with Crippen molar-refractivity contribution in [2.45, 2.75) is 18.1 Å². The summed E-state index contributed by atoms with van der Waals surface area (Å²) in [6.45, 7) is -0.705. The zero-order valence-corrected chi connectivity index (χ0v) is 14.0. The molecule has 0 saturated carbocycles. The first-order valence-electron chi connectivity index (χ1n) is 7.46. The van der Waals surface area contributed by atoms with Crippen LogP contribution in [0, 0.1) is 0 Å². The minimum absolute atomic E-state index is 0.130. The lowest BCUT2D eigenvalue weighted by Crippen LogP contribution is -2.15. The SMILES string of the molecule is NS(=O)(=O)c1ccc(-n2nc(CO)cc2-c2ccccc2)cc1CO. The molecule has 0 bridgehead atoms. The van der Waals surface area contributed by atoms with E-state index in [-0.39, 0.29) is 17.1 Å². The highest BCUT2D eigenvalue weighted by Gasteiger charge is 2.17. The maximum Gasteiger partial charge on any atom is 0.238 e. The van der Waals surface area contributed by atoms with Crippen LogP contribution in [0.1, 0.15) is 11.3 Å². The summed E-state index contributed by atoms with van der Waals surface area (Å²) in [6.07, 6.45) is 0. The minimum Gasteiger partial charge on any atom is -0.392 e. The van der Waals surface area contributed by atoms with E-state index in [1.165, 1.54) is 12.1 Å². The van der Waals surface area contributed by atoms with Gasteiger partial charge in [-0.3, -0.25) is 0 Å². The lowest BCUT2D eigenvalue weighted by Gasteiger charge is -2.11. The van der Waals surface area contributed by atoms with Crippen LogP contribution in [0.5, 0.6) is 0 Å². The van der Waals surface area contributed by atoms with Gasteiger partial charge >= 0.3 is 0 Å². The van der Waals surface area contributed by atoms with Crippen molar-refractivity contribution in [3.8, 4) is 16.9 Å². The second-order valence-corrected chi connectivity index (χ2v) is 6.98. The van der Waals surface area contributed by atoms with Crippen LogP contribution in [0.3, 0.4) is 0 Å². The molecule has 0 aliphatic rings. The molecule has 3 aromatic rings. The Balaban J connectivity index is 2.19. The van der Waals surface area contributed by atoms with Crippen molar-refractivity contribution >= 4 is 10.0 Å². The Morgan fingerprint density at radius 3 is 2.32 bits per heavy atom. The molecule has 0 aliphatic heterocycles. The van der Waals surface area contributed by atoms with E-state index in [9.17, 15) is 18.6 Å². The van der Waals surface area contributed by atoms with Crippen LogP contribution >= 0.6 is 0 Å². The Bertz CT molecular complexity index is 998. The van der Waals surface area contributed by atoms with Gasteiger partial charge in [0.05, 0.1) is 35.2 Å². The molecule has 1 aromatic heterocycles. The monoisotopic (exact) mass is 359 g/mol. The Kier molecular flexibility index (Phi) is 4.69. The molecule has 0 atom stereocenters. The summed E-state index contributed by atoms with van der Waals surface area (Å²) in [7, 11) is -3.94. The highest BCUT2D eigenvalue weighted by molar-refractivity contribution is 7.89. The number of primary sulfonamides is 1. The molecular weight excluding hydrogens is 342 g/mol. The van der Waals surface area contributed by atoms with Crippen LogP contribution in [-0.4, -0.2) is 28.4 Å². The van der Waals surface area contributed by atoms with E-state index in [4.69, 9.17) is 5.14 Å². The maximum atomic E-state index is 11.6. The zero-order chi connectivity index (χ0) is 18.0. The molecule has 8 heteroatoms. The largest absolute Gasteiger partial charge is 0.392 e. The van der Waals surface area contributed by atoms with Gasteiger partial charge in [-0.05, 0) is 29.8 Å². The molecule has 4 N–H and O–H groups in total. The third-order valence-electron chi connectivity index (χ3n) is 3.76. The fraction of sp³-hybridized carbons (Fsp3) is 0.118. The van der Waals surface area contributed by atoms with Gasteiger partial charge < -0.3 is 10.2 Å². The number of aliphatic hydroxyl groups excluding tert-OH is 2. The highest BCUT2D eigenvalue weighted by Crippen LogP contribution is 2.26. The lowest BCUT2D eigenvalue weighted by molar-refractivity contribution is 0.276. The number of hydrogen-bond acceptors (Lipinski definition) is 5. The van der Waals surface area contributed by atoms with E-state index >= 15 is 0 Å². The first-order valence-corrected chi connectivity index (χ1v) is 9.01. The topological polar surface area (TPSA) is 118 Å². The quantitative estimate of drug-likeness (QED) is 0.632. The van der Waals surface area contributed by atoms with Crippen LogP contribution in [0.25, 0.3) is 16.9 Å². The highest BCUT2D eigenvalue weighted by atomic mass is 32.2. The van der Waals surface area contributed by atoms with E-state index in [1.807, 2.05) is 30.3 Å². The standard InChI is InChI=1S/C17H17N3O4S/c18-25(23,24)17-7-6-15(8-13(17)10-21)20-16(9-14(11-22)19-20)12-4-2-1-3-5-12/h1-9,21-22H,10-11H2,(H2,18,23,24). The van der Waals surface area contributed by atoms with Crippen molar-refractivity contribution < 1.29 is 18.6 Å². The van der Waals surface area contributed by atoms with Crippen molar-refractivity contribution in [1.29, 1.82) is 0 Å². The smallest absolute Gasteiger partial charge is 0.238 e. The molecule has 7 nitrogen and oxygen atoms in total. The van der Waals surface area contributed by atoms with Crippen LogP contribution in [0.2, 0.25) is 0 Å². The Morgan fingerprint density at radius 2 is 1.72 bits per heavy atom. The number of sulfonamides is 1. The van der Waals surface area contributed by atoms with Crippen molar-refractivity contribution in [2.24, 2.45) is 5.14 Å². The molecule has 0 amide bonds. The maximum absolute atomic E-state index is 11.6. The predicted octanol–water partition coefficient (Wildman–Crippen LogP) is 1.17. The summed E-state index contributed by atoms with van der Waals surface area (Å²) >= 11 is 0. The first-order chi connectivity index (χ1) is 11.9. The van der Waals surface area contributed by atoms with E-state index in [2.05, 4.69) is 5.10 Å².